The highest BCUT2D eigenvalue weighted by Crippen LogP contribution is 2.17. The normalized spacial score (nSPS) is 19.0. The van der Waals surface area contributed by atoms with Gasteiger partial charge in [-0.15, -0.1) is 0 Å². The monoisotopic (exact) mass is 314 g/mol. The Morgan fingerprint density at radius 3 is 2.78 bits per heavy atom. The molecule has 0 radical (unpaired) electrons. The first-order chi connectivity index (χ1) is 11.1. The maximum atomic E-state index is 12.7. The van der Waals surface area contributed by atoms with Crippen LogP contribution in [0.4, 0.5) is 0 Å². The highest BCUT2D eigenvalue weighted by atomic mass is 16.2. The summed E-state index contributed by atoms with van der Waals surface area (Å²) in [6.45, 7) is 4.56. The van der Waals surface area contributed by atoms with Crippen molar-refractivity contribution < 1.29 is 4.79 Å². The van der Waals surface area contributed by atoms with Crippen LogP contribution < -0.4 is 10.9 Å². The van der Waals surface area contributed by atoms with Gasteiger partial charge in [0.05, 0.1) is 12.1 Å². The number of amides is 1. The largest absolute Gasteiger partial charge is 0.354 e. The van der Waals surface area contributed by atoms with Gasteiger partial charge in [-0.3, -0.25) is 14.5 Å². The zero-order valence-electron chi connectivity index (χ0n) is 13.6. The maximum absolute atomic E-state index is 12.7. The number of hydrogen-bond donors (Lipinski definition) is 1. The van der Waals surface area contributed by atoms with Crippen molar-refractivity contribution in [1.82, 2.24) is 20.0 Å². The zero-order chi connectivity index (χ0) is 16.4. The summed E-state index contributed by atoms with van der Waals surface area (Å²) in [4.78, 5) is 27.0. The van der Waals surface area contributed by atoms with E-state index < -0.39 is 0 Å². The molecule has 1 atom stereocenters. The first kappa shape index (κ1) is 15.7. The van der Waals surface area contributed by atoms with Gasteiger partial charge in [0.2, 0.25) is 0 Å². The van der Waals surface area contributed by atoms with Crippen LogP contribution in [0.25, 0.3) is 10.8 Å². The highest BCUT2D eigenvalue weighted by molar-refractivity contribution is 6.04. The number of likely N-dealkylation sites (tertiary alicyclic amines) is 1. The van der Waals surface area contributed by atoms with Crippen LogP contribution in [-0.4, -0.2) is 40.7 Å². The molecule has 1 saturated heterocycles. The highest BCUT2D eigenvalue weighted by Gasteiger charge is 2.20. The third-order valence-electron chi connectivity index (χ3n) is 4.38. The molecule has 1 N–H and O–H groups in total. The number of fused-ring (bicyclic) bond motifs is 1. The minimum atomic E-state index is -0.276. The molecule has 0 saturated carbocycles. The molecule has 0 unspecified atom stereocenters. The Labute approximate surface area is 135 Å². The number of carbonyl (C=O) groups excluding carboxylic acids is 1. The quantitative estimate of drug-likeness (QED) is 0.931. The van der Waals surface area contributed by atoms with Crippen LogP contribution in [0.5, 0.6) is 0 Å². The van der Waals surface area contributed by atoms with Gasteiger partial charge in [-0.25, -0.2) is 4.68 Å². The molecule has 0 spiro atoms. The Hall–Kier alpha value is -2.21. The zero-order valence-corrected chi connectivity index (χ0v) is 13.6. The van der Waals surface area contributed by atoms with Crippen molar-refractivity contribution in [3.63, 3.8) is 0 Å². The average Bonchev–Trinajstić information content (AvgIpc) is 2.57. The van der Waals surface area contributed by atoms with E-state index in [1.807, 2.05) is 12.1 Å². The molecule has 1 aliphatic rings. The Morgan fingerprint density at radius 2 is 2.09 bits per heavy atom. The maximum Gasteiger partial charge on any atom is 0.275 e. The molecule has 122 valence electrons. The molecule has 2 heterocycles. The van der Waals surface area contributed by atoms with Crippen LogP contribution in [0.3, 0.4) is 0 Å². The number of hydrogen-bond acceptors (Lipinski definition) is 4. The van der Waals surface area contributed by atoms with Gasteiger partial charge in [0.15, 0.2) is 5.69 Å². The molecule has 0 aliphatic carbocycles. The third-order valence-corrected chi connectivity index (χ3v) is 4.38. The van der Waals surface area contributed by atoms with E-state index in [-0.39, 0.29) is 11.5 Å². The molecule has 3 rings (SSSR count). The van der Waals surface area contributed by atoms with E-state index in [0.717, 1.165) is 19.5 Å². The van der Waals surface area contributed by atoms with Crippen molar-refractivity contribution in [3.8, 4) is 0 Å². The number of nitrogens with zero attached hydrogens (tertiary/aromatic N) is 3. The molecule has 1 aromatic heterocycles. The fourth-order valence-electron chi connectivity index (χ4n) is 3.22. The summed E-state index contributed by atoms with van der Waals surface area (Å²) in [5, 5.41) is 8.07. The number of nitrogens with one attached hydrogen (secondary N) is 1. The minimum Gasteiger partial charge on any atom is -0.354 e. The predicted molar refractivity (Wildman–Crippen MR) is 89.4 cm³/mol. The lowest BCUT2D eigenvalue weighted by atomic mass is 10.0. The van der Waals surface area contributed by atoms with E-state index in [1.54, 1.807) is 19.2 Å². The summed E-state index contributed by atoms with van der Waals surface area (Å²) in [5.41, 5.74) is 0.152. The Bertz CT molecular complexity index is 784. The van der Waals surface area contributed by atoms with Crippen molar-refractivity contribution in [2.45, 2.75) is 26.4 Å². The van der Waals surface area contributed by atoms with E-state index in [4.69, 9.17) is 0 Å². The lowest BCUT2D eigenvalue weighted by molar-refractivity contribution is 0.0952. The standard InChI is InChI=1S/C17H22N4O2/c1-12-6-5-9-20(10-12)11-21-17(23)14-8-4-3-7-13(14)15(19-21)16(22)18-2/h3-4,7-8,12H,5-6,9-11H2,1-2H3,(H,18,22)/t12-/m1/s1. The summed E-state index contributed by atoms with van der Waals surface area (Å²) in [5.74, 6) is 0.347. The molecule has 1 amide bonds. The molecule has 1 aromatic carbocycles. The fourth-order valence-corrected chi connectivity index (χ4v) is 3.22. The first-order valence-corrected chi connectivity index (χ1v) is 8.04. The van der Waals surface area contributed by atoms with Gasteiger partial charge in [0.1, 0.15) is 0 Å². The van der Waals surface area contributed by atoms with Gasteiger partial charge in [0, 0.05) is 19.0 Å². The van der Waals surface area contributed by atoms with Gasteiger partial charge in [0.25, 0.3) is 11.5 Å². The summed E-state index contributed by atoms with van der Waals surface area (Å²) in [6, 6.07) is 7.14. The van der Waals surface area contributed by atoms with Crippen molar-refractivity contribution in [1.29, 1.82) is 0 Å². The van der Waals surface area contributed by atoms with Gasteiger partial charge < -0.3 is 5.32 Å². The van der Waals surface area contributed by atoms with Crippen molar-refractivity contribution in [2.75, 3.05) is 20.1 Å². The van der Waals surface area contributed by atoms with E-state index in [9.17, 15) is 9.59 Å². The number of rotatable bonds is 3. The molecular weight excluding hydrogens is 292 g/mol. The average molecular weight is 314 g/mol. The number of carbonyl (C=O) groups is 1. The molecule has 2 aromatic rings. The van der Waals surface area contributed by atoms with Crippen LogP contribution in [0.15, 0.2) is 29.1 Å². The molecule has 1 aliphatic heterocycles. The fraction of sp³-hybridized carbons (Fsp3) is 0.471. The second kappa shape index (κ2) is 6.50. The van der Waals surface area contributed by atoms with Crippen molar-refractivity contribution >= 4 is 16.7 Å². The second-order valence-corrected chi connectivity index (χ2v) is 6.24. The van der Waals surface area contributed by atoms with Crippen LogP contribution in [0.1, 0.15) is 30.3 Å². The number of piperidine rings is 1. The summed E-state index contributed by atoms with van der Waals surface area (Å²) in [7, 11) is 1.57. The van der Waals surface area contributed by atoms with Gasteiger partial charge in [-0.1, -0.05) is 25.1 Å². The SMILES string of the molecule is CNC(=O)c1nn(CN2CCC[C@@H](C)C2)c(=O)c2ccccc12. The van der Waals surface area contributed by atoms with Crippen LogP contribution in [0, 0.1) is 5.92 Å². The Kier molecular flexibility index (Phi) is 4.43. The van der Waals surface area contributed by atoms with E-state index in [2.05, 4.69) is 22.2 Å². The smallest absolute Gasteiger partial charge is 0.275 e. The van der Waals surface area contributed by atoms with Crippen molar-refractivity contribution in [3.05, 3.63) is 40.3 Å². The molecule has 23 heavy (non-hydrogen) atoms. The van der Waals surface area contributed by atoms with Crippen LogP contribution in [0.2, 0.25) is 0 Å². The summed E-state index contributed by atoms with van der Waals surface area (Å²) >= 11 is 0. The molecule has 6 nitrogen and oxygen atoms in total. The van der Waals surface area contributed by atoms with Crippen LogP contribution in [-0.2, 0) is 6.67 Å². The second-order valence-electron chi connectivity index (χ2n) is 6.24. The summed E-state index contributed by atoms with van der Waals surface area (Å²) in [6.07, 6.45) is 2.35. The summed E-state index contributed by atoms with van der Waals surface area (Å²) < 4.78 is 1.42. The van der Waals surface area contributed by atoms with E-state index in [1.165, 1.54) is 11.1 Å². The molecule has 6 heteroatoms. The third kappa shape index (κ3) is 3.12. The van der Waals surface area contributed by atoms with Gasteiger partial charge in [-0.2, -0.15) is 5.10 Å². The lowest BCUT2D eigenvalue weighted by Gasteiger charge is -2.30. The number of aromatic nitrogens is 2. The van der Waals surface area contributed by atoms with Gasteiger partial charge >= 0.3 is 0 Å². The Morgan fingerprint density at radius 1 is 1.35 bits per heavy atom. The lowest BCUT2D eigenvalue weighted by Crippen LogP contribution is -2.40. The molecule has 1 fully saturated rings. The molecule has 0 bridgehead atoms. The Balaban J connectivity index is 2.04. The molecular formula is C17H22N4O2. The van der Waals surface area contributed by atoms with E-state index in [0.29, 0.717) is 29.1 Å². The number of benzene rings is 1. The predicted octanol–water partition coefficient (Wildman–Crippen LogP) is 1.45. The minimum absolute atomic E-state index is 0.147. The first-order valence-electron chi connectivity index (χ1n) is 8.04. The van der Waals surface area contributed by atoms with Gasteiger partial charge in [-0.05, 0) is 31.4 Å². The topological polar surface area (TPSA) is 67.2 Å². The van der Waals surface area contributed by atoms with Crippen molar-refractivity contribution in [2.24, 2.45) is 5.92 Å². The van der Waals surface area contributed by atoms with Crippen LogP contribution >= 0.6 is 0 Å². The van der Waals surface area contributed by atoms with E-state index >= 15 is 0 Å².